The van der Waals surface area contributed by atoms with Crippen molar-refractivity contribution in [2.75, 3.05) is 40.9 Å². The predicted molar refractivity (Wildman–Crippen MR) is 89.2 cm³/mol. The summed E-state index contributed by atoms with van der Waals surface area (Å²) in [5.41, 5.74) is 2.61. The number of rotatable bonds is 3. The molecule has 0 aromatic heterocycles. The Morgan fingerprint density at radius 3 is 2.09 bits per heavy atom. The van der Waals surface area contributed by atoms with Crippen molar-refractivity contribution in [1.29, 1.82) is 0 Å². The summed E-state index contributed by atoms with van der Waals surface area (Å²) in [6.07, 6.45) is 3.97. The number of likely N-dealkylation sites (tertiary alicyclic amines) is 1. The van der Waals surface area contributed by atoms with Gasteiger partial charge in [-0.05, 0) is 48.9 Å². The van der Waals surface area contributed by atoms with Crippen LogP contribution in [0, 0.1) is 0 Å². The van der Waals surface area contributed by atoms with Gasteiger partial charge in [0.25, 0.3) is 0 Å². The molecule has 0 spiro atoms. The van der Waals surface area contributed by atoms with E-state index in [2.05, 4.69) is 17.0 Å². The number of likely N-dealkylation sites (N-methyl/N-ethyl adjacent to an activating group) is 1. The van der Waals surface area contributed by atoms with Crippen LogP contribution in [0.5, 0.6) is 11.5 Å². The van der Waals surface area contributed by atoms with Gasteiger partial charge in [-0.2, -0.15) is 0 Å². The quantitative estimate of drug-likeness (QED) is 0.851. The molecule has 0 aliphatic carbocycles. The standard InChI is InChI=1S/C18H26N2O3/c1-19-8-4-5-15(18(19)21)20-9-6-13-11-16(22-2)17(23-3)12-14(13)7-10-20/h11-12,15H,4-10H2,1-3H3. The molecule has 3 rings (SSSR count). The lowest BCUT2D eigenvalue weighted by Gasteiger charge is -2.36. The third-order valence-corrected chi connectivity index (χ3v) is 5.12. The number of amides is 1. The highest BCUT2D eigenvalue weighted by Gasteiger charge is 2.32. The summed E-state index contributed by atoms with van der Waals surface area (Å²) in [5, 5.41) is 0. The summed E-state index contributed by atoms with van der Waals surface area (Å²) in [6, 6.07) is 4.23. The third-order valence-electron chi connectivity index (χ3n) is 5.12. The molecule has 0 radical (unpaired) electrons. The highest BCUT2D eigenvalue weighted by Crippen LogP contribution is 2.32. The molecular formula is C18H26N2O3. The van der Waals surface area contributed by atoms with E-state index in [0.717, 1.165) is 56.8 Å². The van der Waals surface area contributed by atoms with E-state index >= 15 is 0 Å². The molecule has 0 bridgehead atoms. The van der Waals surface area contributed by atoms with Gasteiger partial charge in [-0.15, -0.1) is 0 Å². The second kappa shape index (κ2) is 6.79. The predicted octanol–water partition coefficient (Wildman–Crippen LogP) is 1.73. The van der Waals surface area contributed by atoms with E-state index in [1.807, 2.05) is 11.9 Å². The van der Waals surface area contributed by atoms with E-state index < -0.39 is 0 Å². The number of ether oxygens (including phenoxy) is 2. The molecule has 5 nitrogen and oxygen atoms in total. The lowest BCUT2D eigenvalue weighted by Crippen LogP contribution is -2.51. The van der Waals surface area contributed by atoms with Crippen molar-refractivity contribution >= 4 is 5.91 Å². The fourth-order valence-electron chi connectivity index (χ4n) is 3.73. The molecule has 1 amide bonds. The zero-order valence-electron chi connectivity index (χ0n) is 14.3. The van der Waals surface area contributed by atoms with Crippen LogP contribution < -0.4 is 9.47 Å². The maximum absolute atomic E-state index is 12.5. The van der Waals surface area contributed by atoms with Gasteiger partial charge in [0.15, 0.2) is 11.5 Å². The van der Waals surface area contributed by atoms with E-state index in [1.165, 1.54) is 11.1 Å². The molecule has 0 saturated carbocycles. The normalized spacial score (nSPS) is 22.5. The minimum Gasteiger partial charge on any atom is -0.493 e. The maximum atomic E-state index is 12.5. The molecule has 1 aromatic carbocycles. The summed E-state index contributed by atoms with van der Waals surface area (Å²) in [5.74, 6) is 1.85. The number of hydrogen-bond donors (Lipinski definition) is 0. The SMILES string of the molecule is COc1cc2c(cc1OC)CCN(C1CCCN(C)C1=O)CC2. The van der Waals surface area contributed by atoms with E-state index in [-0.39, 0.29) is 11.9 Å². The molecule has 1 unspecified atom stereocenters. The van der Waals surface area contributed by atoms with Crippen LogP contribution in [0.25, 0.3) is 0 Å². The first kappa shape index (κ1) is 16.1. The fourth-order valence-corrected chi connectivity index (χ4v) is 3.73. The Morgan fingerprint density at radius 1 is 1.00 bits per heavy atom. The largest absolute Gasteiger partial charge is 0.493 e. The van der Waals surface area contributed by atoms with Crippen LogP contribution in [0.4, 0.5) is 0 Å². The molecule has 126 valence electrons. The van der Waals surface area contributed by atoms with Crippen LogP contribution in [0.1, 0.15) is 24.0 Å². The first-order chi connectivity index (χ1) is 11.1. The minimum absolute atomic E-state index is 0.0480. The Morgan fingerprint density at radius 2 is 1.57 bits per heavy atom. The molecule has 1 aromatic rings. The molecular weight excluding hydrogens is 292 g/mol. The first-order valence-electron chi connectivity index (χ1n) is 8.37. The maximum Gasteiger partial charge on any atom is 0.239 e. The van der Waals surface area contributed by atoms with Gasteiger partial charge in [-0.3, -0.25) is 9.69 Å². The summed E-state index contributed by atoms with van der Waals surface area (Å²) in [4.78, 5) is 16.7. The molecule has 23 heavy (non-hydrogen) atoms. The van der Waals surface area contributed by atoms with Crippen LogP contribution in [0.15, 0.2) is 12.1 Å². The van der Waals surface area contributed by atoms with Gasteiger partial charge in [0.1, 0.15) is 0 Å². The Labute approximate surface area is 138 Å². The van der Waals surface area contributed by atoms with E-state index in [4.69, 9.17) is 9.47 Å². The Kier molecular flexibility index (Phi) is 4.76. The lowest BCUT2D eigenvalue weighted by atomic mass is 10.0. The average Bonchev–Trinajstić information content (AvgIpc) is 2.78. The molecule has 1 saturated heterocycles. The highest BCUT2D eigenvalue weighted by atomic mass is 16.5. The van der Waals surface area contributed by atoms with Gasteiger partial charge < -0.3 is 14.4 Å². The van der Waals surface area contributed by atoms with Crippen LogP contribution in [-0.2, 0) is 17.6 Å². The highest BCUT2D eigenvalue weighted by molar-refractivity contribution is 5.82. The average molecular weight is 318 g/mol. The summed E-state index contributed by atoms with van der Waals surface area (Å²) >= 11 is 0. The monoisotopic (exact) mass is 318 g/mol. The van der Waals surface area contributed by atoms with Crippen molar-refractivity contribution < 1.29 is 14.3 Å². The van der Waals surface area contributed by atoms with E-state index in [1.54, 1.807) is 14.2 Å². The number of benzene rings is 1. The third kappa shape index (κ3) is 3.15. The fraction of sp³-hybridized carbons (Fsp3) is 0.611. The van der Waals surface area contributed by atoms with Crippen LogP contribution >= 0.6 is 0 Å². The molecule has 2 aliphatic heterocycles. The van der Waals surface area contributed by atoms with Crippen molar-refractivity contribution in [2.24, 2.45) is 0 Å². The van der Waals surface area contributed by atoms with Crippen molar-refractivity contribution in [3.8, 4) is 11.5 Å². The molecule has 2 heterocycles. The van der Waals surface area contributed by atoms with Gasteiger partial charge in [0, 0.05) is 26.7 Å². The second-order valence-corrected chi connectivity index (χ2v) is 6.43. The topological polar surface area (TPSA) is 42.0 Å². The zero-order valence-corrected chi connectivity index (χ0v) is 14.3. The van der Waals surface area contributed by atoms with Gasteiger partial charge >= 0.3 is 0 Å². The van der Waals surface area contributed by atoms with Crippen molar-refractivity contribution in [3.63, 3.8) is 0 Å². The number of methoxy groups -OCH3 is 2. The minimum atomic E-state index is 0.0480. The number of fused-ring (bicyclic) bond motifs is 1. The number of carbonyl (C=O) groups is 1. The van der Waals surface area contributed by atoms with Gasteiger partial charge in [0.05, 0.1) is 20.3 Å². The molecule has 5 heteroatoms. The van der Waals surface area contributed by atoms with Crippen LogP contribution in [-0.4, -0.2) is 62.7 Å². The number of carbonyl (C=O) groups excluding carboxylic acids is 1. The van der Waals surface area contributed by atoms with Crippen LogP contribution in [0.2, 0.25) is 0 Å². The van der Waals surface area contributed by atoms with Crippen molar-refractivity contribution in [1.82, 2.24) is 9.80 Å². The molecule has 0 N–H and O–H groups in total. The van der Waals surface area contributed by atoms with Gasteiger partial charge in [-0.25, -0.2) is 0 Å². The Bertz CT molecular complexity index is 553. The Hall–Kier alpha value is -1.75. The first-order valence-corrected chi connectivity index (χ1v) is 8.37. The smallest absolute Gasteiger partial charge is 0.239 e. The summed E-state index contributed by atoms with van der Waals surface area (Å²) in [7, 11) is 5.25. The van der Waals surface area contributed by atoms with Crippen molar-refractivity contribution in [3.05, 3.63) is 23.3 Å². The van der Waals surface area contributed by atoms with Crippen LogP contribution in [0.3, 0.4) is 0 Å². The molecule has 1 fully saturated rings. The van der Waals surface area contributed by atoms with Crippen molar-refractivity contribution in [2.45, 2.75) is 31.7 Å². The Balaban J connectivity index is 1.78. The second-order valence-electron chi connectivity index (χ2n) is 6.43. The molecule has 2 aliphatic rings. The van der Waals surface area contributed by atoms with E-state index in [0.29, 0.717) is 0 Å². The lowest BCUT2D eigenvalue weighted by molar-refractivity contribution is -0.138. The molecule has 1 atom stereocenters. The van der Waals surface area contributed by atoms with Gasteiger partial charge in [0.2, 0.25) is 5.91 Å². The number of piperidine rings is 1. The number of nitrogens with zero attached hydrogens (tertiary/aromatic N) is 2. The number of hydrogen-bond acceptors (Lipinski definition) is 4. The zero-order chi connectivity index (χ0) is 16.4. The summed E-state index contributed by atoms with van der Waals surface area (Å²) in [6.45, 7) is 2.73. The van der Waals surface area contributed by atoms with E-state index in [9.17, 15) is 4.79 Å². The summed E-state index contributed by atoms with van der Waals surface area (Å²) < 4.78 is 10.8. The van der Waals surface area contributed by atoms with Gasteiger partial charge in [-0.1, -0.05) is 0 Å².